The van der Waals surface area contributed by atoms with Crippen molar-refractivity contribution in [3.63, 3.8) is 0 Å². The van der Waals surface area contributed by atoms with Crippen LogP contribution in [0.5, 0.6) is 0 Å². The summed E-state index contributed by atoms with van der Waals surface area (Å²) in [6.07, 6.45) is 3.71. The van der Waals surface area contributed by atoms with Gasteiger partial charge >= 0.3 is 0 Å². The molecule has 0 aliphatic carbocycles. The first-order chi connectivity index (χ1) is 9.79. The largest absolute Gasteiger partial charge is 0.325 e. The summed E-state index contributed by atoms with van der Waals surface area (Å²) in [7, 11) is 0. The van der Waals surface area contributed by atoms with Gasteiger partial charge < -0.3 is 4.90 Å². The van der Waals surface area contributed by atoms with E-state index in [1.807, 2.05) is 36.4 Å². The van der Waals surface area contributed by atoms with Crippen LogP contribution >= 0.6 is 0 Å². The molecule has 0 spiro atoms. The van der Waals surface area contributed by atoms with E-state index in [4.69, 9.17) is 5.26 Å². The summed E-state index contributed by atoms with van der Waals surface area (Å²) >= 11 is 0. The molecule has 1 saturated heterocycles. The first-order valence-corrected chi connectivity index (χ1v) is 6.99. The summed E-state index contributed by atoms with van der Waals surface area (Å²) in [5.41, 5.74) is 2.30. The van der Waals surface area contributed by atoms with Gasteiger partial charge in [0.05, 0.1) is 6.07 Å². The van der Waals surface area contributed by atoms with Crippen molar-refractivity contribution in [1.82, 2.24) is 10.2 Å². The Morgan fingerprint density at radius 1 is 1.35 bits per heavy atom. The SMILES string of the molecule is N#C[C@@H]1CCCN1C(=O)C1C=C(c2ccccc2)CN1. The molecule has 2 aliphatic rings. The van der Waals surface area contributed by atoms with Crippen molar-refractivity contribution in [2.24, 2.45) is 0 Å². The summed E-state index contributed by atoms with van der Waals surface area (Å²) < 4.78 is 0. The van der Waals surface area contributed by atoms with Crippen LogP contribution in [0.4, 0.5) is 0 Å². The number of rotatable bonds is 2. The van der Waals surface area contributed by atoms with Crippen LogP contribution in [0.3, 0.4) is 0 Å². The molecule has 4 heteroatoms. The number of likely N-dealkylation sites (tertiary alicyclic amines) is 1. The van der Waals surface area contributed by atoms with Crippen LogP contribution in [0, 0.1) is 11.3 Å². The fourth-order valence-corrected chi connectivity index (χ4v) is 2.89. The minimum Gasteiger partial charge on any atom is -0.325 e. The van der Waals surface area contributed by atoms with Crippen LogP contribution in [0.2, 0.25) is 0 Å². The standard InChI is InChI=1S/C16H17N3O/c17-10-14-7-4-8-19(14)16(20)15-9-13(11-18-15)12-5-2-1-3-6-12/h1-3,5-6,9,14-15,18H,4,7-8,11H2/t14-,15?/m0/s1. The van der Waals surface area contributed by atoms with E-state index in [0.29, 0.717) is 13.1 Å². The van der Waals surface area contributed by atoms with Crippen molar-refractivity contribution in [3.8, 4) is 6.07 Å². The first kappa shape index (κ1) is 12.9. The lowest BCUT2D eigenvalue weighted by molar-refractivity contribution is -0.132. The molecule has 0 bridgehead atoms. The summed E-state index contributed by atoms with van der Waals surface area (Å²) in [4.78, 5) is 14.2. The highest BCUT2D eigenvalue weighted by Gasteiger charge is 2.33. The van der Waals surface area contributed by atoms with Crippen LogP contribution in [0.25, 0.3) is 5.57 Å². The predicted octanol–water partition coefficient (Wildman–Crippen LogP) is 1.56. The second kappa shape index (κ2) is 5.48. The highest BCUT2D eigenvalue weighted by molar-refractivity contribution is 5.89. The molecule has 3 rings (SSSR count). The summed E-state index contributed by atoms with van der Waals surface area (Å²) in [5.74, 6) is 0.0278. The van der Waals surface area contributed by atoms with Crippen molar-refractivity contribution in [2.75, 3.05) is 13.1 Å². The van der Waals surface area contributed by atoms with Crippen LogP contribution in [-0.2, 0) is 4.79 Å². The molecule has 1 aromatic carbocycles. The normalized spacial score (nSPS) is 25.4. The Balaban J connectivity index is 1.75. The minimum absolute atomic E-state index is 0.0278. The maximum absolute atomic E-state index is 12.5. The van der Waals surface area contributed by atoms with E-state index in [-0.39, 0.29) is 18.0 Å². The van der Waals surface area contributed by atoms with Gasteiger partial charge in [-0.2, -0.15) is 5.26 Å². The van der Waals surface area contributed by atoms with Crippen LogP contribution in [0.1, 0.15) is 18.4 Å². The van der Waals surface area contributed by atoms with Gasteiger partial charge in [0.1, 0.15) is 12.1 Å². The monoisotopic (exact) mass is 267 g/mol. The molecule has 1 N–H and O–H groups in total. The van der Waals surface area contributed by atoms with Gasteiger partial charge in [-0.3, -0.25) is 10.1 Å². The number of carbonyl (C=O) groups is 1. The van der Waals surface area contributed by atoms with Crippen molar-refractivity contribution < 1.29 is 4.79 Å². The number of hydrogen-bond donors (Lipinski definition) is 1. The van der Waals surface area contributed by atoms with E-state index >= 15 is 0 Å². The van der Waals surface area contributed by atoms with Crippen molar-refractivity contribution >= 4 is 11.5 Å². The van der Waals surface area contributed by atoms with Gasteiger partial charge in [0, 0.05) is 13.1 Å². The van der Waals surface area contributed by atoms with Crippen LogP contribution < -0.4 is 5.32 Å². The summed E-state index contributed by atoms with van der Waals surface area (Å²) in [6.45, 7) is 1.40. The second-order valence-corrected chi connectivity index (χ2v) is 5.24. The summed E-state index contributed by atoms with van der Waals surface area (Å²) in [5, 5.41) is 12.3. The highest BCUT2D eigenvalue weighted by atomic mass is 16.2. The van der Waals surface area contributed by atoms with Gasteiger partial charge in [0.2, 0.25) is 5.91 Å². The topological polar surface area (TPSA) is 56.1 Å². The van der Waals surface area contributed by atoms with E-state index in [9.17, 15) is 4.79 Å². The van der Waals surface area contributed by atoms with Crippen LogP contribution in [0.15, 0.2) is 36.4 Å². The Labute approximate surface area is 118 Å². The lowest BCUT2D eigenvalue weighted by atomic mass is 10.1. The molecule has 0 saturated carbocycles. The molecule has 102 valence electrons. The molecule has 1 unspecified atom stereocenters. The van der Waals surface area contributed by atoms with E-state index in [1.54, 1.807) is 4.90 Å². The number of nitrogens with zero attached hydrogens (tertiary/aromatic N) is 2. The predicted molar refractivity (Wildman–Crippen MR) is 76.6 cm³/mol. The number of benzene rings is 1. The zero-order valence-electron chi connectivity index (χ0n) is 11.2. The zero-order valence-corrected chi connectivity index (χ0v) is 11.2. The smallest absolute Gasteiger partial charge is 0.244 e. The Bertz CT molecular complexity index is 573. The molecule has 2 heterocycles. The molecule has 1 aromatic rings. The molecule has 0 radical (unpaired) electrons. The molecule has 20 heavy (non-hydrogen) atoms. The Morgan fingerprint density at radius 2 is 2.15 bits per heavy atom. The Hall–Kier alpha value is -2.12. The molecular formula is C16H17N3O. The van der Waals surface area contributed by atoms with E-state index in [0.717, 1.165) is 24.0 Å². The minimum atomic E-state index is -0.292. The Kier molecular flexibility index (Phi) is 3.53. The maximum Gasteiger partial charge on any atom is 0.244 e. The number of carbonyl (C=O) groups excluding carboxylic acids is 1. The fourth-order valence-electron chi connectivity index (χ4n) is 2.89. The fraction of sp³-hybridized carbons (Fsp3) is 0.375. The molecule has 0 aromatic heterocycles. The third-order valence-electron chi connectivity index (χ3n) is 3.98. The van der Waals surface area contributed by atoms with E-state index < -0.39 is 0 Å². The van der Waals surface area contributed by atoms with Gasteiger partial charge in [0.15, 0.2) is 0 Å². The molecular weight excluding hydrogens is 250 g/mol. The molecule has 2 aliphatic heterocycles. The number of nitrogens with one attached hydrogen (secondary N) is 1. The average molecular weight is 267 g/mol. The van der Waals surface area contributed by atoms with Gasteiger partial charge in [-0.05, 0) is 24.0 Å². The second-order valence-electron chi connectivity index (χ2n) is 5.24. The number of hydrogen-bond acceptors (Lipinski definition) is 3. The number of amides is 1. The van der Waals surface area contributed by atoms with Gasteiger partial charge in [0.25, 0.3) is 0 Å². The lowest BCUT2D eigenvalue weighted by Crippen LogP contribution is -2.45. The zero-order chi connectivity index (χ0) is 13.9. The highest BCUT2D eigenvalue weighted by Crippen LogP contribution is 2.22. The van der Waals surface area contributed by atoms with E-state index in [1.165, 1.54) is 0 Å². The third kappa shape index (κ3) is 2.33. The summed E-state index contributed by atoms with van der Waals surface area (Å²) in [6, 6.07) is 11.8. The lowest BCUT2D eigenvalue weighted by Gasteiger charge is -2.22. The molecule has 2 atom stereocenters. The molecule has 1 fully saturated rings. The van der Waals surface area contributed by atoms with Crippen molar-refractivity contribution in [1.29, 1.82) is 5.26 Å². The van der Waals surface area contributed by atoms with Crippen LogP contribution in [-0.4, -0.2) is 36.0 Å². The number of nitriles is 1. The molecule has 4 nitrogen and oxygen atoms in total. The first-order valence-electron chi connectivity index (χ1n) is 6.99. The maximum atomic E-state index is 12.5. The van der Waals surface area contributed by atoms with Gasteiger partial charge in [-0.1, -0.05) is 36.4 Å². The van der Waals surface area contributed by atoms with E-state index in [2.05, 4.69) is 11.4 Å². The van der Waals surface area contributed by atoms with Crippen molar-refractivity contribution in [2.45, 2.75) is 24.9 Å². The third-order valence-corrected chi connectivity index (χ3v) is 3.98. The average Bonchev–Trinajstić information content (AvgIpc) is 3.16. The molecule has 1 amide bonds. The quantitative estimate of drug-likeness (QED) is 0.884. The Morgan fingerprint density at radius 3 is 2.90 bits per heavy atom. The van der Waals surface area contributed by atoms with Gasteiger partial charge in [-0.25, -0.2) is 0 Å². The van der Waals surface area contributed by atoms with Crippen molar-refractivity contribution in [3.05, 3.63) is 42.0 Å². The van der Waals surface area contributed by atoms with Gasteiger partial charge in [-0.15, -0.1) is 0 Å².